The van der Waals surface area contributed by atoms with E-state index in [4.69, 9.17) is 4.74 Å². The zero-order valence-corrected chi connectivity index (χ0v) is 12.6. The Hall–Kier alpha value is -2.28. The Morgan fingerprint density at radius 3 is 2.76 bits per heavy atom. The fourth-order valence-electron chi connectivity index (χ4n) is 1.65. The van der Waals surface area contributed by atoms with Crippen LogP contribution in [0.4, 0.5) is 20.6 Å². The summed E-state index contributed by atoms with van der Waals surface area (Å²) in [6, 6.07) is 8.62. The van der Waals surface area contributed by atoms with Gasteiger partial charge in [0.15, 0.2) is 11.6 Å². The summed E-state index contributed by atoms with van der Waals surface area (Å²) in [6.45, 7) is 0. The van der Waals surface area contributed by atoms with E-state index in [-0.39, 0.29) is 5.69 Å². The third-order valence-corrected chi connectivity index (χ3v) is 3.06. The van der Waals surface area contributed by atoms with E-state index in [0.29, 0.717) is 15.9 Å². The zero-order chi connectivity index (χ0) is 15.4. The Balaban J connectivity index is 2.11. The molecule has 2 rings (SSSR count). The van der Waals surface area contributed by atoms with Crippen LogP contribution in [0.25, 0.3) is 0 Å². The van der Waals surface area contributed by atoms with Crippen LogP contribution in [0.2, 0.25) is 0 Å². The van der Waals surface area contributed by atoms with Gasteiger partial charge < -0.3 is 20.5 Å². The number of rotatable bonds is 3. The lowest BCUT2D eigenvalue weighted by atomic mass is 10.3. The number of phenols is 1. The van der Waals surface area contributed by atoms with Gasteiger partial charge in [0.1, 0.15) is 5.75 Å². The molecule has 0 saturated heterocycles. The van der Waals surface area contributed by atoms with Crippen molar-refractivity contribution in [2.45, 2.75) is 0 Å². The van der Waals surface area contributed by atoms with Crippen LogP contribution in [0.5, 0.6) is 11.5 Å². The summed E-state index contributed by atoms with van der Waals surface area (Å²) in [5, 5.41) is 14.5. The number of nitrogens with one attached hydrogen (secondary N) is 2. The molecular weight excluding hydrogens is 343 g/mol. The molecule has 3 N–H and O–H groups in total. The smallest absolute Gasteiger partial charge is 0.323 e. The lowest BCUT2D eigenvalue weighted by Crippen LogP contribution is -2.19. The second-order valence-electron chi connectivity index (χ2n) is 4.09. The molecule has 0 aliphatic heterocycles. The maximum absolute atomic E-state index is 13.3. The Morgan fingerprint density at radius 2 is 2.05 bits per heavy atom. The molecule has 110 valence electrons. The van der Waals surface area contributed by atoms with Gasteiger partial charge >= 0.3 is 6.03 Å². The molecule has 2 amide bonds. The van der Waals surface area contributed by atoms with E-state index in [2.05, 4.69) is 26.6 Å². The molecule has 0 bridgehead atoms. The summed E-state index contributed by atoms with van der Waals surface area (Å²) in [5.41, 5.74) is 0.462. The van der Waals surface area contributed by atoms with E-state index in [1.165, 1.54) is 13.2 Å². The Bertz CT molecular complexity index is 679. The number of amides is 2. The van der Waals surface area contributed by atoms with Crippen LogP contribution in [0.1, 0.15) is 0 Å². The third kappa shape index (κ3) is 3.85. The van der Waals surface area contributed by atoms with E-state index < -0.39 is 17.6 Å². The number of urea groups is 1. The topological polar surface area (TPSA) is 70.6 Å². The lowest BCUT2D eigenvalue weighted by molar-refractivity contribution is 0.262. The summed E-state index contributed by atoms with van der Waals surface area (Å²) in [7, 11) is 1.52. The second kappa shape index (κ2) is 6.45. The Morgan fingerprint density at radius 1 is 1.29 bits per heavy atom. The van der Waals surface area contributed by atoms with Gasteiger partial charge in [-0.15, -0.1) is 0 Å². The molecular formula is C14H12BrFN2O3. The minimum Gasteiger partial charge on any atom is -0.503 e. The van der Waals surface area contributed by atoms with Crippen molar-refractivity contribution in [3.63, 3.8) is 0 Å². The third-order valence-electron chi connectivity index (χ3n) is 2.60. The SMILES string of the molecule is COc1cccc(NC(=O)Nc2cc(Br)cc(F)c2O)c1. The monoisotopic (exact) mass is 354 g/mol. The summed E-state index contributed by atoms with van der Waals surface area (Å²) in [4.78, 5) is 11.8. The molecule has 0 heterocycles. The van der Waals surface area contributed by atoms with E-state index in [0.717, 1.165) is 6.07 Å². The van der Waals surface area contributed by atoms with Gasteiger partial charge in [-0.2, -0.15) is 0 Å². The molecule has 0 radical (unpaired) electrons. The normalized spacial score (nSPS) is 10.0. The molecule has 0 aliphatic carbocycles. The lowest BCUT2D eigenvalue weighted by Gasteiger charge is -2.10. The number of carbonyl (C=O) groups is 1. The van der Waals surface area contributed by atoms with Gasteiger partial charge in [-0.3, -0.25) is 0 Å². The largest absolute Gasteiger partial charge is 0.503 e. The first-order valence-corrected chi connectivity index (χ1v) is 6.69. The number of halogens is 2. The number of hydrogen-bond acceptors (Lipinski definition) is 3. The molecule has 0 fully saturated rings. The molecule has 0 saturated carbocycles. The molecule has 0 aliphatic rings. The first kappa shape index (κ1) is 15.1. The van der Waals surface area contributed by atoms with Gasteiger partial charge in [0, 0.05) is 16.2 Å². The number of ether oxygens (including phenoxy) is 1. The highest BCUT2D eigenvalue weighted by Gasteiger charge is 2.12. The first-order chi connectivity index (χ1) is 9.99. The quantitative estimate of drug-likeness (QED) is 0.731. The van der Waals surface area contributed by atoms with E-state index in [1.807, 2.05) is 0 Å². The number of methoxy groups -OCH3 is 1. The maximum Gasteiger partial charge on any atom is 0.323 e. The van der Waals surface area contributed by atoms with E-state index in [9.17, 15) is 14.3 Å². The standard InChI is InChI=1S/C14H12BrFN2O3/c1-21-10-4-2-3-9(7-10)17-14(20)18-12-6-8(15)5-11(16)13(12)19/h2-7,19H,1H3,(H2,17,18,20). The second-order valence-corrected chi connectivity index (χ2v) is 5.01. The molecule has 2 aromatic carbocycles. The molecule has 0 spiro atoms. The molecule has 21 heavy (non-hydrogen) atoms. The highest BCUT2D eigenvalue weighted by atomic mass is 79.9. The van der Waals surface area contributed by atoms with Gasteiger partial charge in [0.25, 0.3) is 0 Å². The average Bonchev–Trinajstić information content (AvgIpc) is 2.44. The van der Waals surface area contributed by atoms with Crippen molar-refractivity contribution in [2.75, 3.05) is 17.7 Å². The minimum atomic E-state index is -0.832. The van der Waals surface area contributed by atoms with Crippen molar-refractivity contribution in [1.82, 2.24) is 0 Å². The van der Waals surface area contributed by atoms with Gasteiger partial charge in [-0.05, 0) is 24.3 Å². The van der Waals surface area contributed by atoms with E-state index in [1.54, 1.807) is 24.3 Å². The molecule has 5 nitrogen and oxygen atoms in total. The summed E-state index contributed by atoms with van der Waals surface area (Å²) >= 11 is 3.08. The number of carbonyl (C=O) groups excluding carboxylic acids is 1. The zero-order valence-electron chi connectivity index (χ0n) is 11.0. The predicted molar refractivity (Wildman–Crippen MR) is 81.4 cm³/mol. The van der Waals surface area contributed by atoms with Crippen molar-refractivity contribution in [3.05, 3.63) is 46.7 Å². The number of phenolic OH excluding ortho intramolecular Hbond substituents is 1. The number of anilines is 2. The Kier molecular flexibility index (Phi) is 4.64. The van der Waals surface area contributed by atoms with Crippen molar-refractivity contribution in [1.29, 1.82) is 0 Å². The van der Waals surface area contributed by atoms with Crippen LogP contribution < -0.4 is 15.4 Å². The summed E-state index contributed by atoms with van der Waals surface area (Å²) in [6.07, 6.45) is 0. The molecule has 2 aromatic rings. The van der Waals surface area contributed by atoms with Crippen LogP contribution in [0, 0.1) is 5.82 Å². The van der Waals surface area contributed by atoms with Crippen LogP contribution >= 0.6 is 15.9 Å². The first-order valence-electron chi connectivity index (χ1n) is 5.89. The molecule has 0 aromatic heterocycles. The van der Waals surface area contributed by atoms with Gasteiger partial charge in [0.2, 0.25) is 0 Å². The van der Waals surface area contributed by atoms with Gasteiger partial charge in [0.05, 0.1) is 12.8 Å². The average molecular weight is 355 g/mol. The van der Waals surface area contributed by atoms with Crippen molar-refractivity contribution in [2.24, 2.45) is 0 Å². The number of aromatic hydroxyl groups is 1. The van der Waals surface area contributed by atoms with Gasteiger partial charge in [-0.25, -0.2) is 9.18 Å². The van der Waals surface area contributed by atoms with Crippen LogP contribution in [0.15, 0.2) is 40.9 Å². The number of hydrogen-bond donors (Lipinski definition) is 3. The maximum atomic E-state index is 13.3. The summed E-state index contributed by atoms with van der Waals surface area (Å²) in [5.74, 6) is -0.871. The van der Waals surface area contributed by atoms with Crippen LogP contribution in [-0.2, 0) is 0 Å². The highest BCUT2D eigenvalue weighted by molar-refractivity contribution is 9.10. The fraction of sp³-hybridized carbons (Fsp3) is 0.0714. The molecule has 0 atom stereocenters. The minimum absolute atomic E-state index is 0.0396. The Labute approximate surface area is 128 Å². The fourth-order valence-corrected chi connectivity index (χ4v) is 2.08. The summed E-state index contributed by atoms with van der Waals surface area (Å²) < 4.78 is 18.8. The van der Waals surface area contributed by atoms with Crippen molar-refractivity contribution in [3.8, 4) is 11.5 Å². The van der Waals surface area contributed by atoms with Crippen LogP contribution in [0.3, 0.4) is 0 Å². The van der Waals surface area contributed by atoms with Crippen molar-refractivity contribution < 1.29 is 19.0 Å². The molecule has 7 heteroatoms. The molecule has 0 unspecified atom stereocenters. The van der Waals surface area contributed by atoms with Gasteiger partial charge in [-0.1, -0.05) is 22.0 Å². The van der Waals surface area contributed by atoms with Crippen molar-refractivity contribution >= 4 is 33.3 Å². The highest BCUT2D eigenvalue weighted by Crippen LogP contribution is 2.30. The number of benzene rings is 2. The predicted octanol–water partition coefficient (Wildman–Crippen LogP) is 3.95. The van der Waals surface area contributed by atoms with Crippen LogP contribution in [-0.4, -0.2) is 18.2 Å². The van der Waals surface area contributed by atoms with E-state index >= 15 is 0 Å².